The summed E-state index contributed by atoms with van der Waals surface area (Å²) < 4.78 is 13.4. The van der Waals surface area contributed by atoms with Crippen LogP contribution in [0.25, 0.3) is 0 Å². The summed E-state index contributed by atoms with van der Waals surface area (Å²) in [5.41, 5.74) is 1.14. The van der Waals surface area contributed by atoms with Crippen molar-refractivity contribution < 1.29 is 9.47 Å². The molecule has 1 N–H and O–H groups in total. The third-order valence-corrected chi connectivity index (χ3v) is 3.25. The second-order valence-corrected chi connectivity index (χ2v) is 4.74. The zero-order chi connectivity index (χ0) is 13.6. The Bertz CT molecular complexity index is 540. The molecule has 1 aromatic carbocycles. The Morgan fingerprint density at radius 2 is 2.15 bits per heavy atom. The Kier molecular flexibility index (Phi) is 4.18. The van der Waals surface area contributed by atoms with Crippen LogP contribution in [0, 0.1) is 0 Å². The second-order valence-electron chi connectivity index (χ2n) is 4.74. The summed E-state index contributed by atoms with van der Waals surface area (Å²) in [5.74, 6) is 1.74. The molecule has 1 aliphatic heterocycles. The number of rotatable bonds is 5. The lowest BCUT2D eigenvalue weighted by Crippen LogP contribution is -2.20. The van der Waals surface area contributed by atoms with Crippen molar-refractivity contribution in [2.24, 2.45) is 0 Å². The van der Waals surface area contributed by atoms with Gasteiger partial charge in [-0.15, -0.1) is 0 Å². The van der Waals surface area contributed by atoms with E-state index in [-0.39, 0.29) is 0 Å². The summed E-state index contributed by atoms with van der Waals surface area (Å²) in [6, 6.07) is 7.99. The van der Waals surface area contributed by atoms with E-state index < -0.39 is 0 Å². The molecular weight excluding hydrogens is 254 g/mol. The van der Waals surface area contributed by atoms with E-state index in [4.69, 9.17) is 9.47 Å². The third kappa shape index (κ3) is 3.11. The minimum atomic E-state index is 0.720. The summed E-state index contributed by atoms with van der Waals surface area (Å²) in [7, 11) is 0. The lowest BCUT2D eigenvalue weighted by atomic mass is 10.2. The van der Waals surface area contributed by atoms with Crippen LogP contribution in [0.15, 0.2) is 36.7 Å². The van der Waals surface area contributed by atoms with Gasteiger partial charge >= 0.3 is 0 Å². The third-order valence-electron chi connectivity index (χ3n) is 3.25. The fourth-order valence-corrected chi connectivity index (χ4v) is 2.24. The molecular formula is C15H19N3O2. The van der Waals surface area contributed by atoms with Crippen molar-refractivity contribution in [3.8, 4) is 11.5 Å². The highest BCUT2D eigenvalue weighted by molar-refractivity contribution is 5.46. The molecule has 0 amide bonds. The highest BCUT2D eigenvalue weighted by Crippen LogP contribution is 2.32. The first-order chi connectivity index (χ1) is 9.93. The van der Waals surface area contributed by atoms with E-state index in [2.05, 4.69) is 16.5 Å². The molecule has 20 heavy (non-hydrogen) atoms. The molecule has 1 aliphatic rings. The van der Waals surface area contributed by atoms with Gasteiger partial charge in [0.15, 0.2) is 11.5 Å². The van der Waals surface area contributed by atoms with Crippen LogP contribution in [0.2, 0.25) is 0 Å². The minimum absolute atomic E-state index is 0.720. The molecule has 3 rings (SSSR count). The molecule has 0 atom stereocenters. The minimum Gasteiger partial charge on any atom is -0.490 e. The van der Waals surface area contributed by atoms with Crippen LogP contribution in [-0.2, 0) is 13.1 Å². The number of ether oxygens (including phenoxy) is 2. The van der Waals surface area contributed by atoms with Gasteiger partial charge in [0.05, 0.1) is 19.8 Å². The standard InChI is InChI=1S/C15H19N3O2/c1-4-13(12-16-7-9-18-8-2-6-17-18)15-14(5-1)19-10-3-11-20-15/h1-2,4-6,8,16H,3,7,9-12H2. The van der Waals surface area contributed by atoms with Crippen LogP contribution in [0.4, 0.5) is 0 Å². The van der Waals surface area contributed by atoms with E-state index in [9.17, 15) is 0 Å². The quantitative estimate of drug-likeness (QED) is 0.844. The number of para-hydroxylation sites is 1. The summed E-state index contributed by atoms with van der Waals surface area (Å²) in [6.07, 6.45) is 4.69. The molecule has 0 saturated carbocycles. The molecule has 5 nitrogen and oxygen atoms in total. The predicted molar refractivity (Wildman–Crippen MR) is 76.0 cm³/mol. The van der Waals surface area contributed by atoms with Gasteiger partial charge in [0.25, 0.3) is 0 Å². The number of benzene rings is 1. The maximum absolute atomic E-state index is 5.80. The number of fused-ring (bicyclic) bond motifs is 1. The second kappa shape index (κ2) is 6.43. The molecule has 5 heteroatoms. The maximum Gasteiger partial charge on any atom is 0.165 e. The van der Waals surface area contributed by atoms with Crippen molar-refractivity contribution in [1.82, 2.24) is 15.1 Å². The zero-order valence-corrected chi connectivity index (χ0v) is 11.4. The van der Waals surface area contributed by atoms with Crippen molar-refractivity contribution in [2.45, 2.75) is 19.5 Å². The van der Waals surface area contributed by atoms with Crippen LogP contribution < -0.4 is 14.8 Å². The van der Waals surface area contributed by atoms with Crippen LogP contribution in [0.1, 0.15) is 12.0 Å². The van der Waals surface area contributed by atoms with Gasteiger partial charge in [-0.3, -0.25) is 4.68 Å². The Morgan fingerprint density at radius 3 is 3.05 bits per heavy atom. The van der Waals surface area contributed by atoms with Crippen LogP contribution in [-0.4, -0.2) is 29.5 Å². The Hall–Kier alpha value is -2.01. The molecule has 0 fully saturated rings. The van der Waals surface area contributed by atoms with Gasteiger partial charge < -0.3 is 14.8 Å². The Morgan fingerprint density at radius 1 is 1.20 bits per heavy atom. The molecule has 0 unspecified atom stereocenters. The largest absolute Gasteiger partial charge is 0.490 e. The van der Waals surface area contributed by atoms with Crippen molar-refractivity contribution in [2.75, 3.05) is 19.8 Å². The number of aromatic nitrogens is 2. The van der Waals surface area contributed by atoms with Gasteiger partial charge in [0.2, 0.25) is 0 Å². The summed E-state index contributed by atoms with van der Waals surface area (Å²) in [5, 5.41) is 7.59. The Labute approximate surface area is 118 Å². The number of hydrogen-bond donors (Lipinski definition) is 1. The van der Waals surface area contributed by atoms with Crippen molar-refractivity contribution in [1.29, 1.82) is 0 Å². The van der Waals surface area contributed by atoms with Crippen LogP contribution >= 0.6 is 0 Å². The van der Waals surface area contributed by atoms with Gasteiger partial charge in [-0.2, -0.15) is 5.10 Å². The van der Waals surface area contributed by atoms with E-state index >= 15 is 0 Å². The summed E-state index contributed by atoms with van der Waals surface area (Å²) in [4.78, 5) is 0. The van der Waals surface area contributed by atoms with Gasteiger partial charge in [-0.1, -0.05) is 12.1 Å². The van der Waals surface area contributed by atoms with E-state index in [0.717, 1.165) is 56.3 Å². The van der Waals surface area contributed by atoms with Crippen molar-refractivity contribution in [3.05, 3.63) is 42.2 Å². The molecule has 0 radical (unpaired) electrons. The molecule has 2 aromatic rings. The van der Waals surface area contributed by atoms with E-state index in [1.165, 1.54) is 0 Å². The van der Waals surface area contributed by atoms with Gasteiger partial charge in [-0.05, 0) is 12.1 Å². The molecule has 0 bridgehead atoms. The SMILES string of the molecule is c1cc(CNCCn2cccn2)c2c(c1)OCCCO2. The van der Waals surface area contributed by atoms with Crippen LogP contribution in [0.3, 0.4) is 0 Å². The molecule has 106 valence electrons. The van der Waals surface area contributed by atoms with Crippen molar-refractivity contribution >= 4 is 0 Å². The predicted octanol–water partition coefficient (Wildman–Crippen LogP) is 1.83. The highest BCUT2D eigenvalue weighted by Gasteiger charge is 2.13. The van der Waals surface area contributed by atoms with Gasteiger partial charge in [-0.25, -0.2) is 0 Å². The number of nitrogens with zero attached hydrogens (tertiary/aromatic N) is 2. The average Bonchev–Trinajstić information content (AvgIpc) is 2.87. The normalized spacial score (nSPS) is 14.0. The maximum atomic E-state index is 5.80. The van der Waals surface area contributed by atoms with E-state index in [1.54, 1.807) is 6.20 Å². The summed E-state index contributed by atoms with van der Waals surface area (Å²) >= 11 is 0. The molecule has 1 aromatic heterocycles. The number of hydrogen-bond acceptors (Lipinski definition) is 4. The van der Waals surface area contributed by atoms with Crippen LogP contribution in [0.5, 0.6) is 11.5 Å². The lowest BCUT2D eigenvalue weighted by molar-refractivity contribution is 0.296. The topological polar surface area (TPSA) is 48.3 Å². The smallest absolute Gasteiger partial charge is 0.165 e. The zero-order valence-electron chi connectivity index (χ0n) is 11.4. The molecule has 0 spiro atoms. The van der Waals surface area contributed by atoms with E-state index in [1.807, 2.05) is 29.1 Å². The molecule has 0 aliphatic carbocycles. The first-order valence-corrected chi connectivity index (χ1v) is 6.99. The lowest BCUT2D eigenvalue weighted by Gasteiger charge is -2.13. The summed E-state index contributed by atoms with van der Waals surface area (Å²) in [6.45, 7) is 3.94. The average molecular weight is 273 g/mol. The van der Waals surface area contributed by atoms with Gasteiger partial charge in [0, 0.05) is 37.5 Å². The monoisotopic (exact) mass is 273 g/mol. The fourth-order valence-electron chi connectivity index (χ4n) is 2.24. The molecule has 2 heterocycles. The Balaban J connectivity index is 1.57. The van der Waals surface area contributed by atoms with E-state index in [0.29, 0.717) is 0 Å². The highest BCUT2D eigenvalue weighted by atomic mass is 16.5. The molecule has 0 saturated heterocycles. The van der Waals surface area contributed by atoms with Gasteiger partial charge in [0.1, 0.15) is 0 Å². The van der Waals surface area contributed by atoms with Crippen molar-refractivity contribution in [3.63, 3.8) is 0 Å². The first kappa shape index (κ1) is 13.0. The number of nitrogens with one attached hydrogen (secondary N) is 1. The fraction of sp³-hybridized carbons (Fsp3) is 0.400. The first-order valence-electron chi connectivity index (χ1n) is 6.99.